The van der Waals surface area contributed by atoms with Gasteiger partial charge in [0.1, 0.15) is 11.5 Å². The molecule has 0 aliphatic carbocycles. The number of aromatic nitrogens is 1. The number of rotatable bonds is 6. The number of methoxy groups -OCH3 is 2. The molecule has 7 heteroatoms. The van der Waals surface area contributed by atoms with Crippen molar-refractivity contribution < 1.29 is 17.9 Å². The van der Waals surface area contributed by atoms with Crippen molar-refractivity contribution in [2.24, 2.45) is 0 Å². The van der Waals surface area contributed by atoms with Crippen LogP contribution in [0.5, 0.6) is 11.5 Å². The van der Waals surface area contributed by atoms with Crippen LogP contribution in [0.2, 0.25) is 0 Å². The number of pyridine rings is 1. The molecule has 0 spiro atoms. The number of benzene rings is 2. The fourth-order valence-electron chi connectivity index (χ4n) is 2.71. The van der Waals surface area contributed by atoms with E-state index < -0.39 is 10.9 Å². The van der Waals surface area contributed by atoms with Crippen molar-refractivity contribution in [3.63, 3.8) is 0 Å². The van der Waals surface area contributed by atoms with Gasteiger partial charge >= 0.3 is 0 Å². The van der Waals surface area contributed by atoms with Gasteiger partial charge in [-0.05, 0) is 35.4 Å². The van der Waals surface area contributed by atoms with Gasteiger partial charge < -0.3 is 9.47 Å². The van der Waals surface area contributed by atoms with Crippen LogP contribution in [-0.4, -0.2) is 27.6 Å². The molecule has 130 valence electrons. The van der Waals surface area contributed by atoms with E-state index in [9.17, 15) is 8.42 Å². The molecule has 3 aromatic rings. The number of thiol groups is 1. The van der Waals surface area contributed by atoms with E-state index in [2.05, 4.69) is 9.71 Å². The van der Waals surface area contributed by atoms with Crippen LogP contribution in [0.1, 0.15) is 5.56 Å². The lowest BCUT2D eigenvalue weighted by Gasteiger charge is -2.12. The second-order valence-electron chi connectivity index (χ2n) is 5.36. The molecule has 0 bridgehead atoms. The normalized spacial score (nSPS) is 11.0. The van der Waals surface area contributed by atoms with Gasteiger partial charge in [0.05, 0.1) is 19.7 Å². The van der Waals surface area contributed by atoms with Crippen molar-refractivity contribution in [1.29, 1.82) is 0 Å². The third-order valence-electron chi connectivity index (χ3n) is 3.95. The highest BCUT2D eigenvalue weighted by Gasteiger charge is 2.10. The summed E-state index contributed by atoms with van der Waals surface area (Å²) < 4.78 is 34.5. The minimum Gasteiger partial charge on any atom is -0.497 e. The van der Waals surface area contributed by atoms with Crippen LogP contribution >= 0.6 is 0 Å². The fraction of sp³-hybridized carbons (Fsp3) is 0.167. The van der Waals surface area contributed by atoms with Crippen LogP contribution in [0, 0.1) is 0 Å². The van der Waals surface area contributed by atoms with Gasteiger partial charge in [0.2, 0.25) is 10.9 Å². The van der Waals surface area contributed by atoms with Gasteiger partial charge in [0, 0.05) is 29.8 Å². The Bertz CT molecular complexity index is 978. The van der Waals surface area contributed by atoms with E-state index in [1.54, 1.807) is 20.4 Å². The van der Waals surface area contributed by atoms with Crippen LogP contribution in [-0.2, 0) is 17.4 Å². The third kappa shape index (κ3) is 3.72. The van der Waals surface area contributed by atoms with Crippen LogP contribution in [0.4, 0.5) is 0 Å². The molecule has 0 atom stereocenters. The molecule has 0 fully saturated rings. The van der Waals surface area contributed by atoms with E-state index in [1.165, 1.54) is 0 Å². The van der Waals surface area contributed by atoms with E-state index in [4.69, 9.17) is 9.47 Å². The summed E-state index contributed by atoms with van der Waals surface area (Å²) in [6, 6.07) is 13.4. The summed E-state index contributed by atoms with van der Waals surface area (Å²) in [4.78, 5) is 4.40. The minimum atomic E-state index is -2.65. The summed E-state index contributed by atoms with van der Waals surface area (Å²) >= 11 is 0. The highest BCUT2D eigenvalue weighted by atomic mass is 32.2. The third-order valence-corrected chi connectivity index (χ3v) is 4.36. The van der Waals surface area contributed by atoms with Gasteiger partial charge in [0.15, 0.2) is 0 Å². The minimum absolute atomic E-state index is 0.191. The SMILES string of the molecule is COc1ccc2c(-c3ccc(CN[SH](=O)=O)c(OC)c3)ccnc2c1. The first-order valence-electron chi connectivity index (χ1n) is 7.60. The van der Waals surface area contributed by atoms with Crippen LogP contribution in [0.15, 0.2) is 48.7 Å². The first kappa shape index (κ1) is 17.2. The standard InChI is InChI=1S/C18H18N2O4S/c1-23-14-5-6-16-15(7-8-19-17(16)10-14)12-3-4-13(11-20-25(21)22)18(9-12)24-2/h3-10,25H,11H2,1-2H3,(H,20,21,22). The number of hydrogen-bond acceptors (Lipinski definition) is 5. The Hall–Kier alpha value is -2.64. The van der Waals surface area contributed by atoms with Crippen molar-refractivity contribution in [3.05, 3.63) is 54.2 Å². The number of nitrogens with one attached hydrogen (secondary N) is 1. The zero-order valence-electron chi connectivity index (χ0n) is 13.9. The molecule has 25 heavy (non-hydrogen) atoms. The van der Waals surface area contributed by atoms with Gasteiger partial charge in [-0.2, -0.15) is 0 Å². The van der Waals surface area contributed by atoms with Gasteiger partial charge in [-0.15, -0.1) is 0 Å². The van der Waals surface area contributed by atoms with Crippen molar-refractivity contribution in [1.82, 2.24) is 9.71 Å². The second kappa shape index (κ2) is 7.50. The molecule has 6 nitrogen and oxygen atoms in total. The second-order valence-corrected chi connectivity index (χ2v) is 6.19. The Morgan fingerprint density at radius 3 is 2.60 bits per heavy atom. The summed E-state index contributed by atoms with van der Waals surface area (Å²) in [7, 11) is 0.541. The maximum atomic E-state index is 10.7. The Labute approximate surface area is 147 Å². The Balaban J connectivity index is 2.05. The number of fused-ring (bicyclic) bond motifs is 1. The molecule has 0 saturated carbocycles. The predicted molar refractivity (Wildman–Crippen MR) is 97.4 cm³/mol. The molecule has 0 saturated heterocycles. The first-order valence-corrected chi connectivity index (χ1v) is 8.78. The van der Waals surface area contributed by atoms with Crippen molar-refractivity contribution in [2.45, 2.75) is 6.54 Å². The molecule has 0 aliphatic heterocycles. The van der Waals surface area contributed by atoms with Gasteiger partial charge in [-0.25, -0.2) is 13.1 Å². The van der Waals surface area contributed by atoms with Gasteiger partial charge in [-0.1, -0.05) is 12.1 Å². The molecule has 2 aromatic carbocycles. The first-order chi connectivity index (χ1) is 12.1. The monoisotopic (exact) mass is 358 g/mol. The summed E-state index contributed by atoms with van der Waals surface area (Å²) in [5.41, 5.74) is 3.58. The summed E-state index contributed by atoms with van der Waals surface area (Å²) in [6.07, 6.45) is 1.75. The predicted octanol–water partition coefficient (Wildman–Crippen LogP) is 2.54. The van der Waals surface area contributed by atoms with Crippen molar-refractivity contribution in [3.8, 4) is 22.6 Å². The quantitative estimate of drug-likeness (QED) is 0.662. The summed E-state index contributed by atoms with van der Waals surface area (Å²) in [5, 5.41) is 0.999. The summed E-state index contributed by atoms with van der Waals surface area (Å²) in [5.74, 6) is 1.38. The zero-order valence-corrected chi connectivity index (χ0v) is 14.7. The van der Waals surface area contributed by atoms with Crippen LogP contribution < -0.4 is 14.2 Å². The highest BCUT2D eigenvalue weighted by Crippen LogP contribution is 2.32. The van der Waals surface area contributed by atoms with Crippen molar-refractivity contribution >= 4 is 21.8 Å². The molecule has 0 aliphatic rings. The molecular formula is C18H18N2O4S. The molecule has 0 amide bonds. The molecule has 1 N–H and O–H groups in total. The van der Waals surface area contributed by atoms with E-state index >= 15 is 0 Å². The molecule has 0 radical (unpaired) electrons. The Kier molecular flexibility index (Phi) is 5.16. The Morgan fingerprint density at radius 1 is 1.04 bits per heavy atom. The van der Waals surface area contributed by atoms with E-state index in [0.29, 0.717) is 5.75 Å². The van der Waals surface area contributed by atoms with Crippen molar-refractivity contribution in [2.75, 3.05) is 14.2 Å². The lowest BCUT2D eigenvalue weighted by Crippen LogP contribution is -2.11. The number of nitrogens with zero attached hydrogens (tertiary/aromatic N) is 1. The molecule has 0 unspecified atom stereocenters. The lowest BCUT2D eigenvalue weighted by molar-refractivity contribution is 0.409. The Morgan fingerprint density at radius 2 is 1.88 bits per heavy atom. The van der Waals surface area contributed by atoms with Crippen LogP contribution in [0.3, 0.4) is 0 Å². The number of hydrogen-bond donors (Lipinski definition) is 2. The fourth-order valence-corrected chi connectivity index (χ4v) is 3.01. The lowest BCUT2D eigenvalue weighted by atomic mass is 9.99. The van der Waals surface area contributed by atoms with Gasteiger partial charge in [-0.3, -0.25) is 4.98 Å². The highest BCUT2D eigenvalue weighted by molar-refractivity contribution is 7.70. The topological polar surface area (TPSA) is 77.5 Å². The smallest absolute Gasteiger partial charge is 0.201 e. The molecular weight excluding hydrogens is 340 g/mol. The van der Waals surface area contributed by atoms with E-state index in [1.807, 2.05) is 42.5 Å². The maximum Gasteiger partial charge on any atom is 0.201 e. The van der Waals surface area contributed by atoms with E-state index in [0.717, 1.165) is 33.3 Å². The molecule has 1 heterocycles. The van der Waals surface area contributed by atoms with E-state index in [-0.39, 0.29) is 6.54 Å². The van der Waals surface area contributed by atoms with Crippen LogP contribution in [0.25, 0.3) is 22.0 Å². The zero-order chi connectivity index (χ0) is 17.8. The molecule has 3 rings (SSSR count). The largest absolute Gasteiger partial charge is 0.497 e. The van der Waals surface area contributed by atoms with Gasteiger partial charge in [0.25, 0.3) is 0 Å². The average molecular weight is 358 g/mol. The molecule has 1 aromatic heterocycles. The maximum absolute atomic E-state index is 10.7. The average Bonchev–Trinajstić information content (AvgIpc) is 2.65. The number of ether oxygens (including phenoxy) is 2. The summed E-state index contributed by atoms with van der Waals surface area (Å²) in [6.45, 7) is 0.191.